The summed E-state index contributed by atoms with van der Waals surface area (Å²) in [5.74, 6) is -1.55. The van der Waals surface area contributed by atoms with E-state index >= 15 is 4.39 Å². The second-order valence-electron chi connectivity index (χ2n) is 9.24. The van der Waals surface area contributed by atoms with E-state index in [-0.39, 0.29) is 21.9 Å². The smallest absolute Gasteiger partial charge is 0.254 e. The lowest BCUT2D eigenvalue weighted by atomic mass is 10.1. The molecule has 0 unspecified atom stereocenters. The number of amides is 1. The van der Waals surface area contributed by atoms with E-state index in [1.54, 1.807) is 35.2 Å². The molecule has 0 aliphatic carbocycles. The molecule has 196 valence electrons. The number of rotatable bonds is 6. The molecular formula is C28H24Cl2FN3O3S. The number of halogens is 3. The van der Waals surface area contributed by atoms with E-state index in [4.69, 9.17) is 23.2 Å². The molecule has 0 saturated carbocycles. The number of fused-ring (bicyclic) bond motifs is 1. The van der Waals surface area contributed by atoms with Gasteiger partial charge in [0.1, 0.15) is 5.82 Å². The summed E-state index contributed by atoms with van der Waals surface area (Å²) in [4.78, 5) is 21.2. The van der Waals surface area contributed by atoms with E-state index in [0.717, 1.165) is 11.6 Å². The fourth-order valence-electron chi connectivity index (χ4n) is 4.66. The van der Waals surface area contributed by atoms with Crippen molar-refractivity contribution in [3.63, 3.8) is 0 Å². The lowest BCUT2D eigenvalue weighted by molar-refractivity contribution is 0.0628. The van der Waals surface area contributed by atoms with Crippen LogP contribution in [0.5, 0.6) is 0 Å². The Morgan fingerprint density at radius 2 is 1.63 bits per heavy atom. The van der Waals surface area contributed by atoms with Crippen molar-refractivity contribution in [3.05, 3.63) is 105 Å². The van der Waals surface area contributed by atoms with Gasteiger partial charge in [-0.15, -0.1) is 0 Å². The van der Waals surface area contributed by atoms with Crippen LogP contribution in [0.25, 0.3) is 10.9 Å². The van der Waals surface area contributed by atoms with Crippen LogP contribution in [-0.4, -0.2) is 55.3 Å². The Morgan fingerprint density at radius 1 is 0.921 bits per heavy atom. The molecule has 1 aromatic heterocycles. The second-order valence-corrected chi connectivity index (χ2v) is 12.1. The molecule has 1 aliphatic rings. The zero-order valence-corrected chi connectivity index (χ0v) is 22.6. The van der Waals surface area contributed by atoms with Crippen molar-refractivity contribution in [1.29, 1.82) is 0 Å². The molecule has 0 bridgehead atoms. The predicted octanol–water partition coefficient (Wildman–Crippen LogP) is 5.61. The molecule has 1 fully saturated rings. The molecule has 38 heavy (non-hydrogen) atoms. The maximum Gasteiger partial charge on any atom is 0.254 e. The molecule has 0 radical (unpaired) electrons. The molecule has 5 rings (SSSR count). The normalized spacial score (nSPS) is 14.7. The Hall–Kier alpha value is -3.04. The lowest BCUT2D eigenvalue weighted by Crippen LogP contribution is -2.48. The van der Waals surface area contributed by atoms with Crippen molar-refractivity contribution in [3.8, 4) is 0 Å². The molecule has 3 aromatic carbocycles. The molecule has 1 amide bonds. The summed E-state index contributed by atoms with van der Waals surface area (Å²) in [7, 11) is -3.87. The van der Waals surface area contributed by atoms with Crippen LogP contribution in [0.2, 0.25) is 10.0 Å². The SMILES string of the molecule is O=C(c1ccc(CS(=O)(=O)c2cccc3cccnc23)c(F)c1)N1CCN(Cc2cc(Cl)cc(Cl)c2)CC1. The maximum atomic E-state index is 15.0. The summed E-state index contributed by atoms with van der Waals surface area (Å²) in [6.45, 7) is 2.92. The molecule has 6 nitrogen and oxygen atoms in total. The minimum absolute atomic E-state index is 0.000476. The van der Waals surface area contributed by atoms with Gasteiger partial charge in [-0.3, -0.25) is 14.7 Å². The van der Waals surface area contributed by atoms with Gasteiger partial charge in [-0.05, 0) is 48.0 Å². The average molecular weight is 572 g/mol. The Balaban J connectivity index is 1.25. The van der Waals surface area contributed by atoms with Crippen molar-refractivity contribution >= 4 is 49.8 Å². The van der Waals surface area contributed by atoms with Gasteiger partial charge in [0.15, 0.2) is 9.84 Å². The highest BCUT2D eigenvalue weighted by Gasteiger charge is 2.25. The summed E-state index contributed by atoms with van der Waals surface area (Å²) < 4.78 is 41.3. The van der Waals surface area contributed by atoms with Gasteiger partial charge in [0, 0.05) is 65.5 Å². The second kappa shape index (κ2) is 11.0. The third kappa shape index (κ3) is 5.83. The number of hydrogen-bond donors (Lipinski definition) is 0. The molecule has 1 aliphatic heterocycles. The van der Waals surface area contributed by atoms with Crippen LogP contribution < -0.4 is 0 Å². The van der Waals surface area contributed by atoms with Crippen LogP contribution in [-0.2, 0) is 22.1 Å². The Morgan fingerprint density at radius 3 is 2.34 bits per heavy atom. The highest BCUT2D eigenvalue weighted by molar-refractivity contribution is 7.90. The van der Waals surface area contributed by atoms with Crippen LogP contribution in [0.4, 0.5) is 4.39 Å². The lowest BCUT2D eigenvalue weighted by Gasteiger charge is -2.35. The van der Waals surface area contributed by atoms with Gasteiger partial charge in [0.2, 0.25) is 0 Å². The standard InChI is InChI=1S/C28H24Cl2FN3O3S/c29-23-13-19(14-24(30)16-23)17-33-9-11-34(12-10-33)28(35)21-6-7-22(25(31)15-21)18-38(36,37)26-5-1-3-20-4-2-8-32-27(20)26/h1-8,13-16H,9-12,17-18H2. The summed E-state index contributed by atoms with van der Waals surface area (Å²) in [6, 6.07) is 17.8. The fraction of sp³-hybridized carbons (Fsp3) is 0.214. The first kappa shape index (κ1) is 26.6. The zero-order valence-electron chi connectivity index (χ0n) is 20.3. The summed E-state index contributed by atoms with van der Waals surface area (Å²) in [5, 5.41) is 1.84. The minimum atomic E-state index is -3.87. The number of hydrogen-bond acceptors (Lipinski definition) is 5. The summed E-state index contributed by atoms with van der Waals surface area (Å²) in [6.07, 6.45) is 1.52. The molecule has 1 saturated heterocycles. The largest absolute Gasteiger partial charge is 0.336 e. The van der Waals surface area contributed by atoms with E-state index < -0.39 is 21.4 Å². The third-order valence-electron chi connectivity index (χ3n) is 6.56. The van der Waals surface area contributed by atoms with Crippen LogP contribution >= 0.6 is 23.2 Å². The van der Waals surface area contributed by atoms with Gasteiger partial charge < -0.3 is 4.90 Å². The average Bonchev–Trinajstić information content (AvgIpc) is 2.89. The fourth-order valence-corrected chi connectivity index (χ4v) is 6.78. The molecule has 0 N–H and O–H groups in total. The Labute approximate surface area is 230 Å². The van der Waals surface area contributed by atoms with E-state index in [9.17, 15) is 13.2 Å². The van der Waals surface area contributed by atoms with Crippen molar-refractivity contribution in [2.75, 3.05) is 26.2 Å². The van der Waals surface area contributed by atoms with Crippen molar-refractivity contribution in [2.24, 2.45) is 0 Å². The number of carbonyl (C=O) groups is 1. The number of para-hydroxylation sites is 1. The number of piperazine rings is 1. The summed E-state index contributed by atoms with van der Waals surface area (Å²) >= 11 is 12.2. The maximum absolute atomic E-state index is 15.0. The minimum Gasteiger partial charge on any atom is -0.336 e. The quantitative estimate of drug-likeness (QED) is 0.300. The van der Waals surface area contributed by atoms with Crippen molar-refractivity contribution in [1.82, 2.24) is 14.8 Å². The Bertz CT molecular complexity index is 1600. The summed E-state index contributed by atoms with van der Waals surface area (Å²) in [5.41, 5.74) is 1.53. The van der Waals surface area contributed by atoms with E-state index in [2.05, 4.69) is 9.88 Å². The van der Waals surface area contributed by atoms with Gasteiger partial charge in [-0.2, -0.15) is 0 Å². The van der Waals surface area contributed by atoms with E-state index in [1.807, 2.05) is 12.1 Å². The molecule has 0 atom stereocenters. The number of benzene rings is 3. The van der Waals surface area contributed by atoms with Gasteiger partial charge >= 0.3 is 0 Å². The number of pyridine rings is 1. The van der Waals surface area contributed by atoms with Crippen LogP contribution in [0.15, 0.2) is 77.8 Å². The predicted molar refractivity (Wildman–Crippen MR) is 147 cm³/mol. The monoisotopic (exact) mass is 571 g/mol. The van der Waals surface area contributed by atoms with Crippen LogP contribution in [0, 0.1) is 5.82 Å². The van der Waals surface area contributed by atoms with Gasteiger partial charge in [0.25, 0.3) is 5.91 Å². The first-order chi connectivity index (χ1) is 18.2. The molecule has 0 spiro atoms. The van der Waals surface area contributed by atoms with E-state index in [1.165, 1.54) is 24.4 Å². The Kier molecular flexibility index (Phi) is 7.68. The highest BCUT2D eigenvalue weighted by atomic mass is 35.5. The molecular weight excluding hydrogens is 548 g/mol. The van der Waals surface area contributed by atoms with Gasteiger partial charge in [-0.25, -0.2) is 12.8 Å². The molecule has 10 heteroatoms. The van der Waals surface area contributed by atoms with Crippen molar-refractivity contribution < 1.29 is 17.6 Å². The number of aromatic nitrogens is 1. The van der Waals surface area contributed by atoms with Crippen LogP contribution in [0.1, 0.15) is 21.5 Å². The molecule has 4 aromatic rings. The van der Waals surface area contributed by atoms with Crippen LogP contribution in [0.3, 0.4) is 0 Å². The first-order valence-electron chi connectivity index (χ1n) is 12.0. The van der Waals surface area contributed by atoms with E-state index in [0.29, 0.717) is 53.7 Å². The number of nitrogens with zero attached hydrogens (tertiary/aromatic N) is 3. The van der Waals surface area contributed by atoms with Crippen molar-refractivity contribution in [2.45, 2.75) is 17.2 Å². The zero-order chi connectivity index (χ0) is 26.9. The van der Waals surface area contributed by atoms with Gasteiger partial charge in [-0.1, -0.05) is 47.5 Å². The highest BCUT2D eigenvalue weighted by Crippen LogP contribution is 2.26. The number of carbonyl (C=O) groups excluding carboxylic acids is 1. The first-order valence-corrected chi connectivity index (χ1v) is 14.4. The topological polar surface area (TPSA) is 70.6 Å². The third-order valence-corrected chi connectivity index (χ3v) is 8.69. The van der Waals surface area contributed by atoms with Gasteiger partial charge in [0.05, 0.1) is 16.2 Å². The number of sulfone groups is 1. The molecule has 2 heterocycles.